The quantitative estimate of drug-likeness (QED) is 0.0284. The van der Waals surface area contributed by atoms with Crippen molar-refractivity contribution in [1.29, 1.82) is 0 Å². The van der Waals surface area contributed by atoms with Gasteiger partial charge in [0.1, 0.15) is 36.3 Å². The van der Waals surface area contributed by atoms with E-state index < -0.39 is 90.3 Å². The van der Waals surface area contributed by atoms with Gasteiger partial charge in [0.2, 0.25) is 47.3 Å². The molecule has 0 heterocycles. The van der Waals surface area contributed by atoms with Gasteiger partial charge in [0, 0.05) is 12.8 Å². The molecule has 0 fully saturated rings. The van der Waals surface area contributed by atoms with Gasteiger partial charge in [-0.2, -0.15) is 0 Å². The number of amides is 8. The lowest BCUT2D eigenvalue weighted by Gasteiger charge is -2.27. The van der Waals surface area contributed by atoms with Crippen LogP contribution in [0.4, 0.5) is 0 Å². The van der Waals surface area contributed by atoms with Crippen molar-refractivity contribution in [2.75, 3.05) is 13.1 Å². The average molecular weight is 1110 g/mol. The van der Waals surface area contributed by atoms with Crippen molar-refractivity contribution in [3.05, 3.63) is 35.9 Å². The van der Waals surface area contributed by atoms with Gasteiger partial charge in [-0.25, -0.2) is 0 Å². The van der Waals surface area contributed by atoms with Crippen LogP contribution in [0.1, 0.15) is 246 Å². The van der Waals surface area contributed by atoms with Crippen LogP contribution in [0.15, 0.2) is 30.3 Å². The second kappa shape index (κ2) is 46.6. The predicted molar refractivity (Wildman–Crippen MR) is 315 cm³/mol. The molecular weight excluding hydrogens is 1000 g/mol. The number of primary amides is 1. The van der Waals surface area contributed by atoms with Crippen molar-refractivity contribution in [3.8, 4) is 0 Å². The Labute approximate surface area is 475 Å². The third-order valence-corrected chi connectivity index (χ3v) is 14.5. The molecule has 0 aliphatic heterocycles. The van der Waals surface area contributed by atoms with E-state index in [9.17, 15) is 43.5 Å². The normalized spacial score (nSPS) is 13.9. The zero-order valence-corrected chi connectivity index (χ0v) is 49.5. The summed E-state index contributed by atoms with van der Waals surface area (Å²) in [6.07, 6.45) is 29.8. The molecule has 0 saturated heterocycles. The lowest BCUT2D eigenvalue weighted by atomic mass is 10.0. The van der Waals surface area contributed by atoms with E-state index in [0.717, 1.165) is 64.2 Å². The number of aliphatic hydroxyl groups is 1. The van der Waals surface area contributed by atoms with E-state index in [1.54, 1.807) is 30.3 Å². The number of carbonyl (C=O) groups excluding carboxylic acids is 8. The molecule has 0 bridgehead atoms. The molecule has 0 saturated carbocycles. The van der Waals surface area contributed by atoms with Gasteiger partial charge in [0.25, 0.3) is 0 Å². The van der Waals surface area contributed by atoms with Crippen LogP contribution in [0.5, 0.6) is 0 Å². The Morgan fingerprint density at radius 3 is 1.32 bits per heavy atom. The fraction of sp³-hybridized carbons (Fsp3) is 0.770. The van der Waals surface area contributed by atoms with Crippen LogP contribution in [0.2, 0.25) is 0 Å². The summed E-state index contributed by atoms with van der Waals surface area (Å²) >= 11 is 0. The monoisotopic (exact) mass is 1110 g/mol. The number of hydrogen-bond donors (Lipinski definition) is 10. The van der Waals surface area contributed by atoms with E-state index in [0.29, 0.717) is 44.2 Å². The molecule has 1 aromatic carbocycles. The molecule has 0 aromatic heterocycles. The molecule has 7 atom stereocenters. The number of nitrogens with two attached hydrogens (primary N) is 2. The van der Waals surface area contributed by atoms with Gasteiger partial charge in [-0.05, 0) is 64.5 Å². The number of benzene rings is 1. The number of aliphatic hydroxyl groups excluding tert-OH is 1. The standard InChI is InChI=1S/C61H109N9O9/c1-6-9-12-14-16-18-19-20-21-22-24-25-27-33-40-49(66-53(72)42-34-28-26-23-17-15-13-10-7-2)58(76)64-45-54(73)65-46(4)57(75)67-50(41-35-36-43-62)59(77)69-52(44-48-37-31-29-32-38-48)61(79)68-51(39-30-11-8-3)60(78)70-55(47(5)71)56(63)74/h29,31-32,37-38,46-47,49-52,55,71H,6-28,30,33-36,39-45,62H2,1-5H3,(H2,63,74)(H,64,76)(H,65,73)(H,66,72)(H,67,75)(H,68,79)(H,69,77)(H,70,78)/t46-,47+,49?,50+,51+,52-,55-/m0/s1. The molecule has 79 heavy (non-hydrogen) atoms. The third-order valence-electron chi connectivity index (χ3n) is 14.5. The molecule has 8 amide bonds. The molecule has 0 aliphatic rings. The Kier molecular flexibility index (Phi) is 42.4. The highest BCUT2D eigenvalue weighted by molar-refractivity contribution is 5.97. The minimum absolute atomic E-state index is 0.0181. The Morgan fingerprint density at radius 1 is 0.443 bits per heavy atom. The molecule has 1 rings (SSSR count). The predicted octanol–water partition coefficient (Wildman–Crippen LogP) is 7.64. The Bertz CT molecular complexity index is 1840. The first kappa shape index (κ1) is 71.9. The van der Waals surface area contributed by atoms with E-state index in [1.807, 2.05) is 6.92 Å². The van der Waals surface area contributed by atoms with Crippen molar-refractivity contribution < 1.29 is 43.5 Å². The maximum atomic E-state index is 14.2. The van der Waals surface area contributed by atoms with Crippen LogP contribution in [-0.2, 0) is 44.8 Å². The fourth-order valence-corrected chi connectivity index (χ4v) is 9.54. The highest BCUT2D eigenvalue weighted by atomic mass is 16.3. The summed E-state index contributed by atoms with van der Waals surface area (Å²) in [4.78, 5) is 108. The molecule has 452 valence electrons. The fourth-order valence-electron chi connectivity index (χ4n) is 9.54. The van der Waals surface area contributed by atoms with Crippen molar-refractivity contribution in [2.24, 2.45) is 11.5 Å². The number of carbonyl (C=O) groups is 8. The van der Waals surface area contributed by atoms with Crippen molar-refractivity contribution in [2.45, 2.75) is 289 Å². The van der Waals surface area contributed by atoms with E-state index in [1.165, 1.54) is 110 Å². The number of nitrogens with one attached hydrogen (secondary N) is 7. The lowest BCUT2D eigenvalue weighted by molar-refractivity contribution is -0.135. The largest absolute Gasteiger partial charge is 0.391 e. The molecule has 1 unspecified atom stereocenters. The van der Waals surface area contributed by atoms with E-state index in [2.05, 4.69) is 51.1 Å². The molecule has 18 heteroatoms. The molecule has 0 radical (unpaired) electrons. The summed E-state index contributed by atoms with van der Waals surface area (Å²) in [5.74, 6) is -5.07. The highest BCUT2D eigenvalue weighted by Crippen LogP contribution is 2.16. The van der Waals surface area contributed by atoms with E-state index in [-0.39, 0.29) is 25.2 Å². The minimum atomic E-state index is -1.40. The smallest absolute Gasteiger partial charge is 0.243 e. The zero-order chi connectivity index (χ0) is 58.5. The topological polar surface area (TPSA) is 293 Å². The van der Waals surface area contributed by atoms with Gasteiger partial charge in [-0.15, -0.1) is 0 Å². The minimum Gasteiger partial charge on any atom is -0.391 e. The molecule has 0 aliphatic carbocycles. The van der Waals surface area contributed by atoms with Crippen LogP contribution < -0.4 is 48.7 Å². The molecule has 0 spiro atoms. The van der Waals surface area contributed by atoms with Gasteiger partial charge in [-0.3, -0.25) is 38.4 Å². The van der Waals surface area contributed by atoms with Crippen LogP contribution in [0.25, 0.3) is 0 Å². The Balaban J connectivity index is 3.03. The van der Waals surface area contributed by atoms with Crippen LogP contribution >= 0.6 is 0 Å². The number of unbranched alkanes of at least 4 members (excludes halogenated alkanes) is 24. The molecule has 18 nitrogen and oxygen atoms in total. The number of rotatable bonds is 50. The van der Waals surface area contributed by atoms with Gasteiger partial charge >= 0.3 is 0 Å². The van der Waals surface area contributed by atoms with Crippen molar-refractivity contribution in [3.63, 3.8) is 0 Å². The highest BCUT2D eigenvalue weighted by Gasteiger charge is 2.33. The molecular formula is C61H109N9O9. The first-order valence-corrected chi connectivity index (χ1v) is 30.9. The van der Waals surface area contributed by atoms with Gasteiger partial charge in [0.15, 0.2) is 0 Å². The summed E-state index contributed by atoms with van der Waals surface area (Å²) in [7, 11) is 0. The van der Waals surface area contributed by atoms with Gasteiger partial charge in [0.05, 0.1) is 12.6 Å². The summed E-state index contributed by atoms with van der Waals surface area (Å²) in [5.41, 5.74) is 11.9. The van der Waals surface area contributed by atoms with Crippen molar-refractivity contribution in [1.82, 2.24) is 37.2 Å². The zero-order valence-electron chi connectivity index (χ0n) is 49.5. The van der Waals surface area contributed by atoms with E-state index in [4.69, 9.17) is 11.5 Å². The average Bonchev–Trinajstić information content (AvgIpc) is 3.42. The number of hydrogen-bond acceptors (Lipinski definition) is 10. The second-order valence-electron chi connectivity index (χ2n) is 21.9. The Hall–Kier alpha value is -5.10. The summed E-state index contributed by atoms with van der Waals surface area (Å²) in [5, 5.41) is 29.0. The van der Waals surface area contributed by atoms with Gasteiger partial charge < -0.3 is 53.8 Å². The van der Waals surface area contributed by atoms with Crippen LogP contribution in [0.3, 0.4) is 0 Å². The lowest BCUT2D eigenvalue weighted by Crippen LogP contribution is -2.60. The molecule has 12 N–H and O–H groups in total. The molecule has 1 aromatic rings. The SMILES string of the molecule is CCCCCCCCCCCCCCCCC(NC(=O)CCCCCCCCCCC)C(=O)NCC(=O)N[C@@H](C)C(=O)N[C@H](CCCCN)C(=O)N[C@@H](Cc1ccccc1)C(=O)N[C@H](CCCCC)C(=O)N[C@H](C(N)=O)[C@@H](C)O. The van der Waals surface area contributed by atoms with E-state index >= 15 is 0 Å². The maximum absolute atomic E-state index is 14.2. The maximum Gasteiger partial charge on any atom is 0.243 e. The first-order valence-electron chi connectivity index (χ1n) is 30.9. The Morgan fingerprint density at radius 2 is 0.835 bits per heavy atom. The first-order chi connectivity index (χ1) is 38.1. The van der Waals surface area contributed by atoms with Crippen LogP contribution in [0, 0.1) is 0 Å². The summed E-state index contributed by atoms with van der Waals surface area (Å²) < 4.78 is 0. The van der Waals surface area contributed by atoms with Crippen LogP contribution in [-0.4, -0.2) is 108 Å². The van der Waals surface area contributed by atoms with Gasteiger partial charge in [-0.1, -0.05) is 212 Å². The third kappa shape index (κ3) is 36.0. The summed E-state index contributed by atoms with van der Waals surface area (Å²) in [6.45, 7) is 9.07. The van der Waals surface area contributed by atoms with Crippen molar-refractivity contribution >= 4 is 47.3 Å². The summed E-state index contributed by atoms with van der Waals surface area (Å²) in [6, 6.07) is 2.03. The second-order valence-corrected chi connectivity index (χ2v) is 21.9.